The highest BCUT2D eigenvalue weighted by atomic mass is 19.3. The van der Waals surface area contributed by atoms with Crippen molar-refractivity contribution in [2.45, 2.75) is 37.6 Å². The van der Waals surface area contributed by atoms with Crippen molar-refractivity contribution in [2.24, 2.45) is 0 Å². The second-order valence-corrected chi connectivity index (χ2v) is 7.57. The van der Waals surface area contributed by atoms with Crippen molar-refractivity contribution >= 4 is 18.0 Å². The Morgan fingerprint density at radius 1 is 1.06 bits per heavy atom. The van der Waals surface area contributed by atoms with Crippen LogP contribution < -0.4 is 10.6 Å². The van der Waals surface area contributed by atoms with Gasteiger partial charge in [-0.15, -0.1) is 0 Å². The molecule has 3 N–H and O–H groups in total. The molecule has 0 saturated heterocycles. The molecule has 9 heteroatoms. The zero-order valence-electron chi connectivity index (χ0n) is 17.4. The van der Waals surface area contributed by atoms with Gasteiger partial charge in [0.05, 0.1) is 6.54 Å². The Labute approximate surface area is 183 Å². The first-order chi connectivity index (χ1) is 15.2. The molecule has 3 rings (SSSR count). The molecule has 0 bridgehead atoms. The highest BCUT2D eigenvalue weighted by Gasteiger charge is 2.39. The molecule has 170 valence electrons. The van der Waals surface area contributed by atoms with Crippen molar-refractivity contribution in [3.63, 3.8) is 0 Å². The minimum absolute atomic E-state index is 0.104. The van der Waals surface area contributed by atoms with Crippen LogP contribution in [0, 0.1) is 0 Å². The lowest BCUT2D eigenvalue weighted by molar-refractivity contribution is -0.164. The van der Waals surface area contributed by atoms with E-state index in [1.807, 2.05) is 53.8 Å². The van der Waals surface area contributed by atoms with E-state index < -0.39 is 36.5 Å². The summed E-state index contributed by atoms with van der Waals surface area (Å²) in [6.07, 6.45) is -0.647. The standard InChI is InChI=1S/C23H24F2N2O5/c1-2-14(11-20(28)26-13-23(24,25)21(29)30)27-22(31)32-12-19-17-9-5-3-7-15(17)16-8-4-6-10-18(16)19/h3-10,14,19H,2,11-13H2,1H3,(H,26,28)(H,27,31)(H,29,30)/t14-/m1/s1. The summed E-state index contributed by atoms with van der Waals surface area (Å²) in [4.78, 5) is 34.6. The third-order valence-electron chi connectivity index (χ3n) is 5.41. The van der Waals surface area contributed by atoms with E-state index >= 15 is 0 Å². The molecule has 2 aromatic rings. The number of aliphatic carboxylic acids is 1. The van der Waals surface area contributed by atoms with Crippen LogP contribution in [-0.4, -0.2) is 48.2 Å². The number of carbonyl (C=O) groups excluding carboxylic acids is 2. The molecule has 0 unspecified atom stereocenters. The van der Waals surface area contributed by atoms with Crippen molar-refractivity contribution in [1.82, 2.24) is 10.6 Å². The SMILES string of the molecule is CC[C@H](CC(=O)NCC(F)(F)C(=O)O)NC(=O)OCC1c2ccccc2-c2ccccc21. The summed E-state index contributed by atoms with van der Waals surface area (Å²) in [5.41, 5.74) is 4.32. The summed E-state index contributed by atoms with van der Waals surface area (Å²) in [6.45, 7) is 0.503. The van der Waals surface area contributed by atoms with Gasteiger partial charge < -0.3 is 20.5 Å². The quantitative estimate of drug-likeness (QED) is 0.547. The van der Waals surface area contributed by atoms with Crippen LogP contribution in [0.2, 0.25) is 0 Å². The summed E-state index contributed by atoms with van der Waals surface area (Å²) in [7, 11) is 0. The first kappa shape index (κ1) is 23.2. The van der Waals surface area contributed by atoms with Crippen molar-refractivity contribution in [2.75, 3.05) is 13.2 Å². The van der Waals surface area contributed by atoms with Gasteiger partial charge in [-0.3, -0.25) is 4.79 Å². The highest BCUT2D eigenvalue weighted by Crippen LogP contribution is 2.44. The largest absolute Gasteiger partial charge is 0.477 e. The van der Waals surface area contributed by atoms with Crippen LogP contribution in [0.25, 0.3) is 11.1 Å². The van der Waals surface area contributed by atoms with Gasteiger partial charge in [-0.1, -0.05) is 55.5 Å². The first-order valence-corrected chi connectivity index (χ1v) is 10.2. The number of hydrogen-bond acceptors (Lipinski definition) is 4. The van der Waals surface area contributed by atoms with Crippen LogP contribution in [0.1, 0.15) is 36.8 Å². The summed E-state index contributed by atoms with van der Waals surface area (Å²) < 4.78 is 31.6. The zero-order chi connectivity index (χ0) is 23.3. The smallest absolute Gasteiger partial charge is 0.407 e. The van der Waals surface area contributed by atoms with Crippen LogP contribution in [0.5, 0.6) is 0 Å². The number of hydrogen-bond donors (Lipinski definition) is 3. The Balaban J connectivity index is 1.54. The van der Waals surface area contributed by atoms with Gasteiger partial charge in [-0.2, -0.15) is 8.78 Å². The molecule has 1 atom stereocenters. The van der Waals surface area contributed by atoms with Crippen molar-refractivity contribution in [3.8, 4) is 11.1 Å². The van der Waals surface area contributed by atoms with Gasteiger partial charge in [0.1, 0.15) is 6.61 Å². The third kappa shape index (κ3) is 5.22. The van der Waals surface area contributed by atoms with E-state index in [4.69, 9.17) is 9.84 Å². The maximum Gasteiger partial charge on any atom is 0.407 e. The normalized spacial score (nSPS) is 13.6. The van der Waals surface area contributed by atoms with E-state index in [0.717, 1.165) is 22.3 Å². The van der Waals surface area contributed by atoms with Gasteiger partial charge in [0, 0.05) is 18.4 Å². The molecule has 1 aliphatic rings. The Morgan fingerprint density at radius 2 is 1.62 bits per heavy atom. The fraction of sp³-hybridized carbons (Fsp3) is 0.348. The Hall–Kier alpha value is -3.49. The summed E-state index contributed by atoms with van der Waals surface area (Å²) >= 11 is 0. The molecule has 0 aliphatic heterocycles. The first-order valence-electron chi connectivity index (χ1n) is 10.2. The molecule has 0 aromatic heterocycles. The molecule has 2 amide bonds. The van der Waals surface area contributed by atoms with Crippen LogP contribution >= 0.6 is 0 Å². The molecular weight excluding hydrogens is 422 g/mol. The number of carboxylic acids is 1. The minimum atomic E-state index is -4.06. The number of amides is 2. The van der Waals surface area contributed by atoms with Crippen LogP contribution in [0.3, 0.4) is 0 Å². The molecule has 0 radical (unpaired) electrons. The lowest BCUT2D eigenvalue weighted by Gasteiger charge is -2.19. The number of ether oxygens (including phenoxy) is 1. The van der Waals surface area contributed by atoms with Crippen LogP contribution in [-0.2, 0) is 14.3 Å². The molecule has 32 heavy (non-hydrogen) atoms. The molecule has 0 spiro atoms. The highest BCUT2D eigenvalue weighted by molar-refractivity contribution is 5.81. The molecule has 0 saturated carbocycles. The zero-order valence-corrected chi connectivity index (χ0v) is 17.4. The number of nitrogens with one attached hydrogen (secondary N) is 2. The second kappa shape index (κ2) is 9.76. The number of carbonyl (C=O) groups is 3. The number of alkyl carbamates (subject to hydrolysis) is 1. The number of alkyl halides is 2. The Morgan fingerprint density at radius 3 is 2.16 bits per heavy atom. The fourth-order valence-electron chi connectivity index (χ4n) is 3.69. The van der Waals surface area contributed by atoms with E-state index in [2.05, 4.69) is 5.32 Å². The Bertz CT molecular complexity index is 966. The minimum Gasteiger partial charge on any atom is -0.477 e. The Kier molecular flexibility index (Phi) is 7.07. The summed E-state index contributed by atoms with van der Waals surface area (Å²) in [5, 5.41) is 12.8. The van der Waals surface area contributed by atoms with Crippen molar-refractivity contribution < 1.29 is 33.0 Å². The lowest BCUT2D eigenvalue weighted by atomic mass is 9.98. The predicted molar refractivity (Wildman–Crippen MR) is 112 cm³/mol. The van der Waals surface area contributed by atoms with Crippen LogP contribution in [0.4, 0.5) is 13.6 Å². The third-order valence-corrected chi connectivity index (χ3v) is 5.41. The number of fused-ring (bicyclic) bond motifs is 3. The van der Waals surface area contributed by atoms with Crippen LogP contribution in [0.15, 0.2) is 48.5 Å². The van der Waals surface area contributed by atoms with Gasteiger partial charge in [0.25, 0.3) is 0 Å². The van der Waals surface area contributed by atoms with E-state index in [1.54, 1.807) is 6.92 Å². The van der Waals surface area contributed by atoms with E-state index in [-0.39, 0.29) is 18.9 Å². The molecule has 7 nitrogen and oxygen atoms in total. The summed E-state index contributed by atoms with van der Waals surface area (Å²) in [5.74, 6) is -7.29. The van der Waals surface area contributed by atoms with Gasteiger partial charge in [0.2, 0.25) is 5.91 Å². The maximum absolute atomic E-state index is 13.1. The molecular formula is C23H24F2N2O5. The summed E-state index contributed by atoms with van der Waals surface area (Å²) in [6, 6.07) is 15.1. The maximum atomic E-state index is 13.1. The van der Waals surface area contributed by atoms with Gasteiger partial charge >= 0.3 is 18.0 Å². The lowest BCUT2D eigenvalue weighted by Crippen LogP contribution is -2.44. The monoisotopic (exact) mass is 446 g/mol. The van der Waals surface area contributed by atoms with Gasteiger partial charge in [-0.05, 0) is 28.7 Å². The van der Waals surface area contributed by atoms with Crippen molar-refractivity contribution in [3.05, 3.63) is 59.7 Å². The number of carboxylic acid groups (broad SMARTS) is 1. The number of rotatable bonds is 9. The molecule has 0 fully saturated rings. The number of benzene rings is 2. The van der Waals surface area contributed by atoms with Gasteiger partial charge in [-0.25, -0.2) is 9.59 Å². The van der Waals surface area contributed by atoms with E-state index in [1.165, 1.54) is 0 Å². The predicted octanol–water partition coefficient (Wildman–Crippen LogP) is 3.53. The molecule has 1 aliphatic carbocycles. The molecule has 2 aromatic carbocycles. The number of halogens is 2. The second-order valence-electron chi connectivity index (χ2n) is 7.57. The average molecular weight is 446 g/mol. The molecule has 0 heterocycles. The van der Waals surface area contributed by atoms with Crippen molar-refractivity contribution in [1.29, 1.82) is 0 Å². The van der Waals surface area contributed by atoms with E-state index in [9.17, 15) is 23.2 Å². The van der Waals surface area contributed by atoms with Gasteiger partial charge in [0.15, 0.2) is 0 Å². The van der Waals surface area contributed by atoms with E-state index in [0.29, 0.717) is 6.42 Å². The topological polar surface area (TPSA) is 105 Å². The fourth-order valence-corrected chi connectivity index (χ4v) is 3.69. The average Bonchev–Trinajstić information content (AvgIpc) is 3.09.